The normalized spacial score (nSPS) is 17.8. The van der Waals surface area contributed by atoms with Gasteiger partial charge in [-0.15, -0.1) is 10.2 Å². The van der Waals surface area contributed by atoms with Gasteiger partial charge in [0.15, 0.2) is 0 Å². The third-order valence-electron chi connectivity index (χ3n) is 4.46. The number of nitrogens with zero attached hydrogens (tertiary/aromatic N) is 3. The van der Waals surface area contributed by atoms with Crippen LogP contribution in [-0.2, 0) is 6.42 Å². The molecule has 1 fully saturated rings. The van der Waals surface area contributed by atoms with Gasteiger partial charge < -0.3 is 10.3 Å². The summed E-state index contributed by atoms with van der Waals surface area (Å²) in [6, 6.07) is 0.636. The quantitative estimate of drug-likeness (QED) is 0.859. The van der Waals surface area contributed by atoms with Crippen molar-refractivity contribution in [3.05, 3.63) is 12.2 Å². The highest BCUT2D eigenvalue weighted by atomic mass is 15.3. The third kappa shape index (κ3) is 4.03. The smallest absolute Gasteiger partial charge is 0.133 e. The number of aromatic nitrogens is 3. The van der Waals surface area contributed by atoms with E-state index in [2.05, 4.69) is 28.6 Å². The van der Waals surface area contributed by atoms with Gasteiger partial charge >= 0.3 is 0 Å². The van der Waals surface area contributed by atoms with E-state index in [9.17, 15) is 0 Å². The average Bonchev–Trinajstić information content (AvgIpc) is 2.86. The summed E-state index contributed by atoms with van der Waals surface area (Å²) in [6.07, 6.45) is 11.8. The van der Waals surface area contributed by atoms with Crippen LogP contribution >= 0.6 is 0 Å². The zero-order valence-corrected chi connectivity index (χ0v) is 12.4. The Labute approximate surface area is 116 Å². The second-order valence-electron chi connectivity index (χ2n) is 6.65. The molecule has 1 aromatic heterocycles. The lowest BCUT2D eigenvalue weighted by Crippen LogP contribution is -2.20. The molecule has 0 saturated heterocycles. The van der Waals surface area contributed by atoms with Gasteiger partial charge in [0.2, 0.25) is 0 Å². The van der Waals surface area contributed by atoms with Crippen molar-refractivity contribution in [2.75, 3.05) is 6.54 Å². The summed E-state index contributed by atoms with van der Waals surface area (Å²) < 4.78 is 2.33. The molecular weight excluding hydrogens is 236 g/mol. The Morgan fingerprint density at radius 2 is 2.00 bits per heavy atom. The van der Waals surface area contributed by atoms with Crippen molar-refractivity contribution in [2.24, 2.45) is 11.1 Å². The van der Waals surface area contributed by atoms with E-state index in [0.29, 0.717) is 11.5 Å². The molecular formula is C15H28N4. The fraction of sp³-hybridized carbons (Fsp3) is 0.867. The maximum Gasteiger partial charge on any atom is 0.133 e. The van der Waals surface area contributed by atoms with E-state index in [0.717, 1.165) is 31.6 Å². The Balaban J connectivity index is 1.95. The zero-order valence-electron chi connectivity index (χ0n) is 12.4. The van der Waals surface area contributed by atoms with Crippen LogP contribution in [0.5, 0.6) is 0 Å². The van der Waals surface area contributed by atoms with E-state index in [1.54, 1.807) is 0 Å². The molecule has 1 heterocycles. The molecule has 1 saturated carbocycles. The monoisotopic (exact) mass is 264 g/mol. The standard InChI is InChI=1S/C15H28N4/c1-15(2,10-11-16)9-8-14-18-17-12-19(14)13-6-4-3-5-7-13/h12-13H,3-11,16H2,1-2H3. The van der Waals surface area contributed by atoms with Gasteiger partial charge in [-0.25, -0.2) is 0 Å². The second kappa shape index (κ2) is 6.51. The minimum Gasteiger partial charge on any atom is -0.330 e. The summed E-state index contributed by atoms with van der Waals surface area (Å²) in [6.45, 7) is 5.35. The maximum absolute atomic E-state index is 5.68. The minimum atomic E-state index is 0.304. The van der Waals surface area contributed by atoms with Gasteiger partial charge in [-0.05, 0) is 37.6 Å². The topological polar surface area (TPSA) is 56.7 Å². The van der Waals surface area contributed by atoms with E-state index in [4.69, 9.17) is 5.73 Å². The van der Waals surface area contributed by atoms with Gasteiger partial charge in [-0.3, -0.25) is 0 Å². The van der Waals surface area contributed by atoms with Crippen molar-refractivity contribution in [2.45, 2.75) is 71.3 Å². The summed E-state index contributed by atoms with van der Waals surface area (Å²) in [5.41, 5.74) is 5.98. The van der Waals surface area contributed by atoms with E-state index in [1.165, 1.54) is 32.1 Å². The summed E-state index contributed by atoms with van der Waals surface area (Å²) >= 11 is 0. The van der Waals surface area contributed by atoms with E-state index in [-0.39, 0.29) is 0 Å². The second-order valence-corrected chi connectivity index (χ2v) is 6.65. The molecule has 1 aliphatic rings. The molecule has 0 amide bonds. The van der Waals surface area contributed by atoms with Gasteiger partial charge in [-0.1, -0.05) is 33.1 Å². The van der Waals surface area contributed by atoms with Crippen molar-refractivity contribution >= 4 is 0 Å². The van der Waals surface area contributed by atoms with Gasteiger partial charge in [0.1, 0.15) is 12.2 Å². The first kappa shape index (κ1) is 14.5. The number of rotatable bonds is 6. The van der Waals surface area contributed by atoms with Crippen LogP contribution in [0, 0.1) is 5.41 Å². The van der Waals surface area contributed by atoms with Gasteiger partial charge in [0.25, 0.3) is 0 Å². The Kier molecular flexibility index (Phi) is 4.97. The zero-order chi connectivity index (χ0) is 13.7. The molecule has 0 unspecified atom stereocenters. The molecule has 19 heavy (non-hydrogen) atoms. The highest BCUT2D eigenvalue weighted by molar-refractivity contribution is 4.92. The fourth-order valence-corrected chi connectivity index (χ4v) is 3.08. The minimum absolute atomic E-state index is 0.304. The van der Waals surface area contributed by atoms with Gasteiger partial charge in [-0.2, -0.15) is 0 Å². The third-order valence-corrected chi connectivity index (χ3v) is 4.46. The Hall–Kier alpha value is -0.900. The highest BCUT2D eigenvalue weighted by Crippen LogP contribution is 2.30. The van der Waals surface area contributed by atoms with Crippen LogP contribution in [0.15, 0.2) is 6.33 Å². The van der Waals surface area contributed by atoms with Gasteiger partial charge in [0.05, 0.1) is 0 Å². The molecule has 4 heteroatoms. The van der Waals surface area contributed by atoms with Crippen LogP contribution in [-0.4, -0.2) is 21.3 Å². The predicted molar refractivity (Wildman–Crippen MR) is 77.9 cm³/mol. The van der Waals surface area contributed by atoms with Crippen molar-refractivity contribution in [1.29, 1.82) is 0 Å². The summed E-state index contributed by atoms with van der Waals surface area (Å²) in [5.74, 6) is 1.16. The average molecular weight is 264 g/mol. The van der Waals surface area contributed by atoms with Crippen LogP contribution in [0.3, 0.4) is 0 Å². The van der Waals surface area contributed by atoms with Crippen LogP contribution in [0.25, 0.3) is 0 Å². The number of hydrogen-bond acceptors (Lipinski definition) is 3. The van der Waals surface area contributed by atoms with Crippen LogP contribution in [0.4, 0.5) is 0 Å². The molecule has 1 aliphatic carbocycles. The first-order valence-corrected chi connectivity index (χ1v) is 7.71. The molecule has 2 rings (SSSR count). The molecule has 0 atom stereocenters. The van der Waals surface area contributed by atoms with Crippen molar-refractivity contribution < 1.29 is 0 Å². The summed E-state index contributed by atoms with van der Waals surface area (Å²) in [5, 5.41) is 8.47. The molecule has 108 valence electrons. The molecule has 0 aliphatic heterocycles. The predicted octanol–water partition coefficient (Wildman–Crippen LogP) is 3.09. The molecule has 0 aromatic carbocycles. The lowest BCUT2D eigenvalue weighted by atomic mass is 9.84. The Bertz CT molecular complexity index is 377. The largest absolute Gasteiger partial charge is 0.330 e. The lowest BCUT2D eigenvalue weighted by Gasteiger charge is -2.26. The molecule has 0 bridgehead atoms. The maximum atomic E-state index is 5.68. The van der Waals surface area contributed by atoms with E-state index in [1.807, 2.05) is 6.33 Å². The molecule has 0 spiro atoms. The Morgan fingerprint density at radius 3 is 2.68 bits per heavy atom. The van der Waals surface area contributed by atoms with Crippen molar-refractivity contribution in [3.63, 3.8) is 0 Å². The van der Waals surface area contributed by atoms with Crippen molar-refractivity contribution in [1.82, 2.24) is 14.8 Å². The van der Waals surface area contributed by atoms with Crippen LogP contribution in [0.1, 0.15) is 70.7 Å². The number of aryl methyl sites for hydroxylation is 1. The SMILES string of the molecule is CC(C)(CCN)CCc1nncn1C1CCCCC1. The molecule has 0 radical (unpaired) electrons. The molecule has 4 nitrogen and oxygen atoms in total. The van der Waals surface area contributed by atoms with E-state index < -0.39 is 0 Å². The molecule has 2 N–H and O–H groups in total. The summed E-state index contributed by atoms with van der Waals surface area (Å²) in [7, 11) is 0. The van der Waals surface area contributed by atoms with Crippen LogP contribution < -0.4 is 5.73 Å². The highest BCUT2D eigenvalue weighted by Gasteiger charge is 2.21. The number of hydrogen-bond donors (Lipinski definition) is 1. The first-order chi connectivity index (χ1) is 9.12. The fourth-order valence-electron chi connectivity index (χ4n) is 3.08. The van der Waals surface area contributed by atoms with Gasteiger partial charge in [0, 0.05) is 12.5 Å². The Morgan fingerprint density at radius 1 is 1.26 bits per heavy atom. The van der Waals surface area contributed by atoms with Crippen molar-refractivity contribution in [3.8, 4) is 0 Å². The molecule has 1 aromatic rings. The number of nitrogens with two attached hydrogens (primary N) is 1. The first-order valence-electron chi connectivity index (χ1n) is 7.71. The van der Waals surface area contributed by atoms with E-state index >= 15 is 0 Å². The van der Waals surface area contributed by atoms with Crippen LogP contribution in [0.2, 0.25) is 0 Å². The summed E-state index contributed by atoms with van der Waals surface area (Å²) in [4.78, 5) is 0. The lowest BCUT2D eigenvalue weighted by molar-refractivity contribution is 0.300.